The second-order valence-corrected chi connectivity index (χ2v) is 8.30. The Hall–Kier alpha value is -2.12. The van der Waals surface area contributed by atoms with Crippen LogP contribution >= 0.6 is 0 Å². The summed E-state index contributed by atoms with van der Waals surface area (Å²) in [6.45, 7) is 6.75. The molecule has 134 valence electrons. The number of furan rings is 1. The van der Waals surface area contributed by atoms with E-state index in [2.05, 4.69) is 0 Å². The smallest absolute Gasteiger partial charge is 0.289 e. The van der Waals surface area contributed by atoms with E-state index in [1.807, 2.05) is 26.0 Å². The zero-order valence-electron chi connectivity index (χ0n) is 14.7. The molecule has 3 rings (SSSR count). The Morgan fingerprint density at radius 3 is 2.28 bits per heavy atom. The minimum absolute atomic E-state index is 0.189. The summed E-state index contributed by atoms with van der Waals surface area (Å²) in [4.78, 5) is 14.5. The van der Waals surface area contributed by atoms with Crippen LogP contribution in [0, 0.1) is 20.8 Å². The van der Waals surface area contributed by atoms with Gasteiger partial charge in [0.25, 0.3) is 5.91 Å². The van der Waals surface area contributed by atoms with Gasteiger partial charge in [-0.2, -0.15) is 4.31 Å². The van der Waals surface area contributed by atoms with Crippen LogP contribution in [0.1, 0.15) is 27.2 Å². The van der Waals surface area contributed by atoms with E-state index in [9.17, 15) is 13.2 Å². The molecule has 0 radical (unpaired) electrons. The maximum atomic E-state index is 12.9. The average Bonchev–Trinajstić information content (AvgIpc) is 3.02. The van der Waals surface area contributed by atoms with Crippen molar-refractivity contribution in [3.63, 3.8) is 0 Å². The number of sulfonamides is 1. The monoisotopic (exact) mass is 362 g/mol. The first kappa shape index (κ1) is 17.7. The molecule has 0 unspecified atom stereocenters. The number of benzene rings is 1. The van der Waals surface area contributed by atoms with Gasteiger partial charge < -0.3 is 9.32 Å². The molecule has 7 heteroatoms. The van der Waals surface area contributed by atoms with E-state index in [1.54, 1.807) is 24.0 Å². The van der Waals surface area contributed by atoms with E-state index in [1.165, 1.54) is 10.6 Å². The lowest BCUT2D eigenvalue weighted by atomic mass is 10.2. The number of piperazine rings is 1. The summed E-state index contributed by atoms with van der Waals surface area (Å²) in [5.41, 5.74) is 2.43. The molecule has 0 bridgehead atoms. The molecule has 1 amide bonds. The maximum absolute atomic E-state index is 12.9. The third kappa shape index (κ3) is 3.34. The van der Waals surface area contributed by atoms with E-state index in [-0.39, 0.29) is 19.0 Å². The Kier molecular flexibility index (Phi) is 4.71. The van der Waals surface area contributed by atoms with Gasteiger partial charge >= 0.3 is 0 Å². The van der Waals surface area contributed by atoms with Gasteiger partial charge in [-0.3, -0.25) is 4.79 Å². The number of hydrogen-bond donors (Lipinski definition) is 0. The minimum atomic E-state index is -3.55. The van der Waals surface area contributed by atoms with E-state index in [4.69, 9.17) is 4.42 Å². The Labute approximate surface area is 148 Å². The zero-order chi connectivity index (χ0) is 18.2. The highest BCUT2D eigenvalue weighted by Crippen LogP contribution is 2.23. The van der Waals surface area contributed by atoms with E-state index >= 15 is 0 Å². The van der Waals surface area contributed by atoms with Gasteiger partial charge in [-0.15, -0.1) is 0 Å². The van der Waals surface area contributed by atoms with Gasteiger partial charge in [0.15, 0.2) is 5.76 Å². The molecule has 25 heavy (non-hydrogen) atoms. The summed E-state index contributed by atoms with van der Waals surface area (Å²) in [5.74, 6) is 0.136. The number of carbonyl (C=O) groups is 1. The fourth-order valence-electron chi connectivity index (χ4n) is 2.99. The number of carbonyl (C=O) groups excluding carboxylic acids is 1. The Morgan fingerprint density at radius 1 is 1.00 bits per heavy atom. The van der Waals surface area contributed by atoms with Crippen LogP contribution in [0.4, 0.5) is 0 Å². The molecule has 0 saturated carbocycles. The molecule has 1 aliphatic rings. The summed E-state index contributed by atoms with van der Waals surface area (Å²) >= 11 is 0. The number of aryl methyl sites for hydroxylation is 3. The van der Waals surface area contributed by atoms with Crippen molar-refractivity contribution in [1.82, 2.24) is 9.21 Å². The third-order valence-electron chi connectivity index (χ3n) is 4.54. The zero-order valence-corrected chi connectivity index (χ0v) is 15.5. The number of rotatable bonds is 3. The third-order valence-corrected chi connectivity index (χ3v) is 6.58. The van der Waals surface area contributed by atoms with Gasteiger partial charge in [-0.25, -0.2) is 8.42 Å². The van der Waals surface area contributed by atoms with Crippen molar-refractivity contribution in [1.29, 1.82) is 0 Å². The molecule has 1 aliphatic heterocycles. The van der Waals surface area contributed by atoms with E-state index < -0.39 is 10.0 Å². The van der Waals surface area contributed by atoms with Gasteiger partial charge in [0.2, 0.25) is 10.0 Å². The highest BCUT2D eigenvalue weighted by molar-refractivity contribution is 7.89. The first-order valence-corrected chi connectivity index (χ1v) is 9.65. The fourth-order valence-corrected chi connectivity index (χ4v) is 4.72. The molecule has 0 atom stereocenters. The SMILES string of the molecule is Cc1ccc(C)c(S(=O)(=O)N2CCN(C(=O)c3occc3C)CC2)c1. The van der Waals surface area contributed by atoms with Crippen LogP contribution in [0.2, 0.25) is 0 Å². The number of amides is 1. The summed E-state index contributed by atoms with van der Waals surface area (Å²) in [5, 5.41) is 0. The number of nitrogens with zero attached hydrogens (tertiary/aromatic N) is 2. The molecule has 0 spiro atoms. The molecular weight excluding hydrogens is 340 g/mol. The van der Waals surface area contributed by atoms with Gasteiger partial charge in [0.05, 0.1) is 11.2 Å². The quantitative estimate of drug-likeness (QED) is 0.840. The van der Waals surface area contributed by atoms with E-state index in [0.29, 0.717) is 23.7 Å². The van der Waals surface area contributed by atoms with Crippen LogP contribution in [0.25, 0.3) is 0 Å². The van der Waals surface area contributed by atoms with Crippen molar-refractivity contribution >= 4 is 15.9 Å². The van der Waals surface area contributed by atoms with Crippen LogP contribution in [0.15, 0.2) is 39.8 Å². The molecular formula is C18H22N2O4S. The van der Waals surface area contributed by atoms with E-state index in [0.717, 1.165) is 16.7 Å². The molecule has 1 aromatic carbocycles. The molecule has 1 aromatic heterocycles. The topological polar surface area (TPSA) is 70.8 Å². The summed E-state index contributed by atoms with van der Waals surface area (Å²) < 4.78 is 32.5. The largest absolute Gasteiger partial charge is 0.459 e. The summed E-state index contributed by atoms with van der Waals surface area (Å²) in [6, 6.07) is 7.17. The van der Waals surface area contributed by atoms with Crippen molar-refractivity contribution in [3.8, 4) is 0 Å². The predicted molar refractivity (Wildman–Crippen MR) is 94.0 cm³/mol. The predicted octanol–water partition coefficient (Wildman–Crippen LogP) is 2.35. The van der Waals surface area contributed by atoms with Gasteiger partial charge in [0.1, 0.15) is 0 Å². The molecule has 1 fully saturated rings. The summed E-state index contributed by atoms with van der Waals surface area (Å²) in [6.07, 6.45) is 1.49. The first-order chi connectivity index (χ1) is 11.8. The average molecular weight is 362 g/mol. The van der Waals surface area contributed by atoms with Crippen LogP contribution < -0.4 is 0 Å². The lowest BCUT2D eigenvalue weighted by Crippen LogP contribution is -2.50. The second kappa shape index (κ2) is 6.65. The fraction of sp³-hybridized carbons (Fsp3) is 0.389. The van der Waals surface area contributed by atoms with Crippen molar-refractivity contribution in [3.05, 3.63) is 53.0 Å². The van der Waals surface area contributed by atoms with Gasteiger partial charge in [-0.05, 0) is 44.0 Å². The van der Waals surface area contributed by atoms with Crippen LogP contribution in [-0.2, 0) is 10.0 Å². The molecule has 6 nitrogen and oxygen atoms in total. The van der Waals surface area contributed by atoms with Crippen molar-refractivity contribution < 1.29 is 17.6 Å². The van der Waals surface area contributed by atoms with Gasteiger partial charge in [0, 0.05) is 31.7 Å². The number of hydrogen-bond acceptors (Lipinski definition) is 4. The molecule has 2 aromatic rings. The minimum Gasteiger partial charge on any atom is -0.459 e. The van der Waals surface area contributed by atoms with Crippen LogP contribution in [-0.4, -0.2) is 49.7 Å². The molecule has 2 heterocycles. The van der Waals surface area contributed by atoms with Crippen molar-refractivity contribution in [2.75, 3.05) is 26.2 Å². The van der Waals surface area contributed by atoms with Crippen LogP contribution in [0.3, 0.4) is 0 Å². The summed E-state index contributed by atoms with van der Waals surface area (Å²) in [7, 11) is -3.55. The van der Waals surface area contributed by atoms with Gasteiger partial charge in [-0.1, -0.05) is 12.1 Å². The normalized spacial score (nSPS) is 16.2. The first-order valence-electron chi connectivity index (χ1n) is 8.21. The lowest BCUT2D eigenvalue weighted by molar-refractivity contribution is 0.0665. The molecule has 1 saturated heterocycles. The Bertz CT molecular complexity index is 894. The standard InChI is InChI=1S/C18H22N2O4S/c1-13-4-5-14(2)16(12-13)25(22,23)20-9-7-19(8-10-20)18(21)17-15(3)6-11-24-17/h4-6,11-12H,7-10H2,1-3H3. The lowest BCUT2D eigenvalue weighted by Gasteiger charge is -2.34. The molecule has 0 N–H and O–H groups in total. The highest BCUT2D eigenvalue weighted by Gasteiger charge is 2.32. The second-order valence-electron chi connectivity index (χ2n) is 6.40. The van der Waals surface area contributed by atoms with Crippen molar-refractivity contribution in [2.45, 2.75) is 25.7 Å². The molecule has 0 aliphatic carbocycles. The van der Waals surface area contributed by atoms with Crippen molar-refractivity contribution in [2.24, 2.45) is 0 Å². The maximum Gasteiger partial charge on any atom is 0.289 e. The highest BCUT2D eigenvalue weighted by atomic mass is 32.2. The Balaban J connectivity index is 1.74. The van der Waals surface area contributed by atoms with Crippen LogP contribution in [0.5, 0.6) is 0 Å². The Morgan fingerprint density at radius 2 is 1.68 bits per heavy atom.